The van der Waals surface area contributed by atoms with Gasteiger partial charge in [-0.1, -0.05) is 13.8 Å². The van der Waals surface area contributed by atoms with Gasteiger partial charge in [0.15, 0.2) is 0 Å². The predicted molar refractivity (Wildman–Crippen MR) is 41.8 cm³/mol. The molecule has 0 unspecified atom stereocenters. The van der Waals surface area contributed by atoms with Gasteiger partial charge < -0.3 is 0 Å². The lowest BCUT2D eigenvalue weighted by atomic mass is 9.83. The highest BCUT2D eigenvalue weighted by Gasteiger charge is 2.22. The van der Waals surface area contributed by atoms with Gasteiger partial charge in [-0.3, -0.25) is 0 Å². The van der Waals surface area contributed by atoms with Gasteiger partial charge in [-0.05, 0) is 31.1 Å². The molecule has 1 aliphatic carbocycles. The van der Waals surface area contributed by atoms with Gasteiger partial charge in [-0.15, -0.1) is 11.6 Å². The minimum Gasteiger partial charge on any atom is -0.123 e. The van der Waals surface area contributed by atoms with Gasteiger partial charge in [0, 0.05) is 5.38 Å². The number of rotatable bonds is 0. The molecule has 0 amide bonds. The van der Waals surface area contributed by atoms with E-state index in [9.17, 15) is 0 Å². The van der Waals surface area contributed by atoms with E-state index in [1.54, 1.807) is 0 Å². The van der Waals surface area contributed by atoms with Crippen molar-refractivity contribution in [1.29, 1.82) is 0 Å². The third-order valence-corrected chi connectivity index (χ3v) is 2.98. The smallest absolute Gasteiger partial charge is 0.0361 e. The lowest BCUT2D eigenvalue weighted by Gasteiger charge is -2.27. The zero-order chi connectivity index (χ0) is 6.85. The first-order valence-electron chi connectivity index (χ1n) is 3.84. The molecule has 0 nitrogen and oxygen atoms in total. The Morgan fingerprint density at radius 2 is 1.89 bits per heavy atom. The third kappa shape index (κ3) is 1.86. The molecule has 1 aliphatic rings. The number of hydrogen-bond donors (Lipinski definition) is 0. The second-order valence-electron chi connectivity index (χ2n) is 3.41. The first kappa shape index (κ1) is 7.40. The average Bonchev–Trinajstić information content (AvgIpc) is 1.80. The SMILES string of the molecule is C[C@H]1CC[C@H](Cl)[C@@H](C)C1. The van der Waals surface area contributed by atoms with E-state index in [1.807, 2.05) is 0 Å². The first-order valence-corrected chi connectivity index (χ1v) is 4.28. The third-order valence-electron chi connectivity index (χ3n) is 2.33. The van der Waals surface area contributed by atoms with Gasteiger partial charge in [-0.25, -0.2) is 0 Å². The maximum atomic E-state index is 6.03. The molecule has 0 spiro atoms. The Kier molecular flexibility index (Phi) is 2.40. The van der Waals surface area contributed by atoms with E-state index in [-0.39, 0.29) is 0 Å². The van der Waals surface area contributed by atoms with Crippen LogP contribution in [0.15, 0.2) is 0 Å². The molecular formula is C8H15Cl. The molecule has 0 N–H and O–H groups in total. The molecule has 0 aliphatic heterocycles. The topological polar surface area (TPSA) is 0 Å². The van der Waals surface area contributed by atoms with Crippen molar-refractivity contribution in [3.05, 3.63) is 0 Å². The van der Waals surface area contributed by atoms with Crippen LogP contribution in [0.4, 0.5) is 0 Å². The van der Waals surface area contributed by atoms with Gasteiger partial charge in [0.05, 0.1) is 0 Å². The van der Waals surface area contributed by atoms with E-state index >= 15 is 0 Å². The molecule has 1 saturated carbocycles. The standard InChI is InChI=1S/C8H15Cl/c1-6-3-4-8(9)7(2)5-6/h6-8H,3-5H2,1-2H3/t6-,7-,8-/m0/s1. The highest BCUT2D eigenvalue weighted by atomic mass is 35.5. The summed E-state index contributed by atoms with van der Waals surface area (Å²) >= 11 is 6.03. The lowest BCUT2D eigenvalue weighted by Crippen LogP contribution is -2.21. The van der Waals surface area contributed by atoms with E-state index in [2.05, 4.69) is 13.8 Å². The van der Waals surface area contributed by atoms with Crippen molar-refractivity contribution in [1.82, 2.24) is 0 Å². The molecule has 0 heterocycles. The second-order valence-corrected chi connectivity index (χ2v) is 3.97. The first-order chi connectivity index (χ1) is 4.20. The van der Waals surface area contributed by atoms with Crippen LogP contribution in [0.1, 0.15) is 33.1 Å². The van der Waals surface area contributed by atoms with E-state index in [0.29, 0.717) is 5.38 Å². The maximum Gasteiger partial charge on any atom is 0.0361 e. The van der Waals surface area contributed by atoms with Crippen molar-refractivity contribution in [2.75, 3.05) is 0 Å². The molecule has 0 aromatic heterocycles. The summed E-state index contributed by atoms with van der Waals surface area (Å²) in [6, 6.07) is 0. The number of halogens is 1. The molecule has 1 fully saturated rings. The van der Waals surface area contributed by atoms with Crippen molar-refractivity contribution in [3.8, 4) is 0 Å². The zero-order valence-corrected chi connectivity index (χ0v) is 6.99. The highest BCUT2D eigenvalue weighted by molar-refractivity contribution is 6.20. The van der Waals surface area contributed by atoms with Gasteiger partial charge in [0.2, 0.25) is 0 Å². The Labute approximate surface area is 62.6 Å². The Morgan fingerprint density at radius 1 is 1.22 bits per heavy atom. The summed E-state index contributed by atoms with van der Waals surface area (Å²) < 4.78 is 0. The minimum atomic E-state index is 0.459. The van der Waals surface area contributed by atoms with E-state index in [0.717, 1.165) is 11.8 Å². The van der Waals surface area contributed by atoms with E-state index in [1.165, 1.54) is 19.3 Å². The largest absolute Gasteiger partial charge is 0.123 e. The zero-order valence-electron chi connectivity index (χ0n) is 6.23. The summed E-state index contributed by atoms with van der Waals surface area (Å²) in [6.07, 6.45) is 3.89. The fourth-order valence-corrected chi connectivity index (χ4v) is 1.86. The molecule has 54 valence electrons. The molecule has 1 heteroatoms. The van der Waals surface area contributed by atoms with Crippen LogP contribution >= 0.6 is 11.6 Å². The monoisotopic (exact) mass is 146 g/mol. The second kappa shape index (κ2) is 2.92. The molecule has 0 aromatic carbocycles. The van der Waals surface area contributed by atoms with Crippen LogP contribution in [-0.4, -0.2) is 5.38 Å². The summed E-state index contributed by atoms with van der Waals surface area (Å²) in [4.78, 5) is 0. The summed E-state index contributed by atoms with van der Waals surface area (Å²) in [6.45, 7) is 4.58. The summed E-state index contributed by atoms with van der Waals surface area (Å²) in [5.41, 5.74) is 0. The van der Waals surface area contributed by atoms with Crippen LogP contribution < -0.4 is 0 Å². The predicted octanol–water partition coefficient (Wildman–Crippen LogP) is 3.05. The van der Waals surface area contributed by atoms with Gasteiger partial charge in [0.1, 0.15) is 0 Å². The Bertz CT molecular complexity index is 90.6. The lowest BCUT2D eigenvalue weighted by molar-refractivity contribution is 0.307. The molecule has 3 atom stereocenters. The van der Waals surface area contributed by atoms with Crippen LogP contribution in [0.3, 0.4) is 0 Å². The molecule has 9 heavy (non-hydrogen) atoms. The van der Waals surface area contributed by atoms with Crippen LogP contribution in [0.25, 0.3) is 0 Å². The molecular weight excluding hydrogens is 132 g/mol. The molecule has 1 rings (SSSR count). The van der Waals surface area contributed by atoms with Crippen molar-refractivity contribution in [2.24, 2.45) is 11.8 Å². The Balaban J connectivity index is 2.35. The summed E-state index contributed by atoms with van der Waals surface area (Å²) in [5.74, 6) is 1.66. The maximum absolute atomic E-state index is 6.03. The highest BCUT2D eigenvalue weighted by Crippen LogP contribution is 2.31. The minimum absolute atomic E-state index is 0.459. The summed E-state index contributed by atoms with van der Waals surface area (Å²) in [7, 11) is 0. The van der Waals surface area contributed by atoms with Crippen LogP contribution in [0.5, 0.6) is 0 Å². The van der Waals surface area contributed by atoms with Gasteiger partial charge in [0.25, 0.3) is 0 Å². The van der Waals surface area contributed by atoms with Crippen molar-refractivity contribution >= 4 is 11.6 Å². The fourth-order valence-electron chi connectivity index (χ4n) is 1.63. The normalized spacial score (nSPS) is 45.0. The average molecular weight is 147 g/mol. The van der Waals surface area contributed by atoms with Crippen molar-refractivity contribution < 1.29 is 0 Å². The van der Waals surface area contributed by atoms with E-state index < -0.39 is 0 Å². The van der Waals surface area contributed by atoms with E-state index in [4.69, 9.17) is 11.6 Å². The van der Waals surface area contributed by atoms with Crippen molar-refractivity contribution in [3.63, 3.8) is 0 Å². The van der Waals surface area contributed by atoms with Crippen LogP contribution in [0, 0.1) is 11.8 Å². The number of hydrogen-bond acceptors (Lipinski definition) is 0. The van der Waals surface area contributed by atoms with Crippen LogP contribution in [0.2, 0.25) is 0 Å². The number of alkyl halides is 1. The summed E-state index contributed by atoms with van der Waals surface area (Å²) in [5, 5.41) is 0.459. The van der Waals surface area contributed by atoms with Crippen molar-refractivity contribution in [2.45, 2.75) is 38.5 Å². The molecule has 0 aromatic rings. The van der Waals surface area contributed by atoms with Gasteiger partial charge in [-0.2, -0.15) is 0 Å². The molecule has 0 radical (unpaired) electrons. The molecule has 0 saturated heterocycles. The Hall–Kier alpha value is 0.290. The van der Waals surface area contributed by atoms with Crippen LogP contribution in [-0.2, 0) is 0 Å². The Morgan fingerprint density at radius 3 is 2.33 bits per heavy atom. The fraction of sp³-hybridized carbons (Fsp3) is 1.00. The van der Waals surface area contributed by atoms with Gasteiger partial charge >= 0.3 is 0 Å². The quantitative estimate of drug-likeness (QED) is 0.461. The molecule has 0 bridgehead atoms.